The third-order valence-electron chi connectivity index (χ3n) is 5.12. The summed E-state index contributed by atoms with van der Waals surface area (Å²) >= 11 is -3.34. The second kappa shape index (κ2) is 11.6. The van der Waals surface area contributed by atoms with Gasteiger partial charge in [0.15, 0.2) is 0 Å². The van der Waals surface area contributed by atoms with Crippen molar-refractivity contribution in [3.8, 4) is 11.5 Å². The van der Waals surface area contributed by atoms with Crippen LogP contribution in [0.2, 0.25) is 8.87 Å². The topological polar surface area (TPSA) is 18.5 Å². The first kappa shape index (κ1) is 22.1. The molecule has 2 rings (SSSR count). The SMILES string of the molecule is CCC[CH2][Sn]([CH2]CCC)([O]c1ccccc1CC)[O]c1ccccc1CC. The quantitative estimate of drug-likeness (QED) is 0.300. The van der Waals surface area contributed by atoms with Gasteiger partial charge in [-0.2, -0.15) is 0 Å². The van der Waals surface area contributed by atoms with Crippen LogP contribution >= 0.6 is 0 Å². The fourth-order valence-electron chi connectivity index (χ4n) is 3.43. The van der Waals surface area contributed by atoms with Crippen LogP contribution in [0.3, 0.4) is 0 Å². The van der Waals surface area contributed by atoms with Gasteiger partial charge in [-0.05, 0) is 0 Å². The molecule has 0 saturated carbocycles. The summed E-state index contributed by atoms with van der Waals surface area (Å²) in [5, 5.41) is 0. The van der Waals surface area contributed by atoms with Crippen LogP contribution in [-0.2, 0) is 12.8 Å². The average molecular weight is 475 g/mol. The molecule has 148 valence electrons. The Bertz CT molecular complexity index is 624. The molecule has 0 amide bonds. The minimum atomic E-state index is -3.34. The van der Waals surface area contributed by atoms with E-state index < -0.39 is 19.2 Å². The molecule has 27 heavy (non-hydrogen) atoms. The Balaban J connectivity index is 2.41. The summed E-state index contributed by atoms with van der Waals surface area (Å²) in [6.45, 7) is 8.92. The summed E-state index contributed by atoms with van der Waals surface area (Å²) in [6, 6.07) is 17.0. The van der Waals surface area contributed by atoms with Gasteiger partial charge in [0.25, 0.3) is 0 Å². The molecule has 2 nitrogen and oxygen atoms in total. The number of aryl methyl sites for hydroxylation is 2. The molecule has 2 aromatic carbocycles. The number of hydrogen-bond acceptors (Lipinski definition) is 2. The molecular formula is C24H36O2Sn. The normalized spacial score (nSPS) is 11.4. The number of para-hydroxylation sites is 2. The predicted octanol–water partition coefficient (Wildman–Crippen LogP) is 7.31. The van der Waals surface area contributed by atoms with E-state index in [0.717, 1.165) is 33.2 Å². The fourth-order valence-corrected chi connectivity index (χ4v) is 13.9. The zero-order valence-corrected chi connectivity index (χ0v) is 20.4. The second-order valence-corrected chi connectivity index (χ2v) is 16.5. The molecular weight excluding hydrogens is 439 g/mol. The van der Waals surface area contributed by atoms with Gasteiger partial charge in [0, 0.05) is 0 Å². The van der Waals surface area contributed by atoms with Crippen LogP contribution in [0.15, 0.2) is 48.5 Å². The number of unbranched alkanes of at least 4 members (excludes halogenated alkanes) is 2. The first-order chi connectivity index (χ1) is 13.2. The van der Waals surface area contributed by atoms with Gasteiger partial charge in [-0.3, -0.25) is 0 Å². The molecule has 0 bridgehead atoms. The third-order valence-corrected chi connectivity index (χ3v) is 14.9. The number of hydrogen-bond donors (Lipinski definition) is 0. The molecule has 3 heteroatoms. The number of rotatable bonds is 12. The monoisotopic (exact) mass is 476 g/mol. The molecule has 0 radical (unpaired) electrons. The van der Waals surface area contributed by atoms with Crippen LogP contribution in [0, 0.1) is 0 Å². The summed E-state index contributed by atoms with van der Waals surface area (Å²) in [4.78, 5) is 0. The van der Waals surface area contributed by atoms with Crippen LogP contribution in [0.5, 0.6) is 11.5 Å². The van der Waals surface area contributed by atoms with Gasteiger partial charge in [0.05, 0.1) is 0 Å². The second-order valence-electron chi connectivity index (χ2n) is 7.24. The summed E-state index contributed by atoms with van der Waals surface area (Å²) in [5.41, 5.74) is 2.58. The maximum atomic E-state index is 6.92. The molecule has 0 N–H and O–H groups in total. The van der Waals surface area contributed by atoms with Crippen LogP contribution in [0.25, 0.3) is 0 Å². The van der Waals surface area contributed by atoms with Gasteiger partial charge in [0.1, 0.15) is 0 Å². The minimum absolute atomic E-state index is 0.991. The zero-order valence-electron chi connectivity index (χ0n) is 17.6. The van der Waals surface area contributed by atoms with E-state index in [2.05, 4.69) is 76.2 Å². The van der Waals surface area contributed by atoms with Crippen molar-refractivity contribution in [2.24, 2.45) is 0 Å². The van der Waals surface area contributed by atoms with E-state index in [9.17, 15) is 0 Å². The van der Waals surface area contributed by atoms with Crippen molar-refractivity contribution < 1.29 is 6.15 Å². The van der Waals surface area contributed by atoms with Crippen LogP contribution in [-0.4, -0.2) is 19.2 Å². The first-order valence-corrected chi connectivity index (χ1v) is 17.1. The van der Waals surface area contributed by atoms with Gasteiger partial charge in [-0.25, -0.2) is 0 Å². The molecule has 0 atom stereocenters. The predicted molar refractivity (Wildman–Crippen MR) is 118 cm³/mol. The Kier molecular flexibility index (Phi) is 9.53. The molecule has 0 saturated heterocycles. The van der Waals surface area contributed by atoms with E-state index in [1.807, 2.05) is 0 Å². The van der Waals surface area contributed by atoms with Crippen LogP contribution in [0.4, 0.5) is 0 Å². The van der Waals surface area contributed by atoms with Gasteiger partial charge in [-0.1, -0.05) is 0 Å². The molecule has 2 aromatic rings. The van der Waals surface area contributed by atoms with Crippen LogP contribution in [0.1, 0.15) is 64.5 Å². The van der Waals surface area contributed by atoms with Crippen molar-refractivity contribution >= 4 is 19.2 Å². The number of benzene rings is 2. The van der Waals surface area contributed by atoms with Crippen molar-refractivity contribution in [2.45, 2.75) is 75.1 Å². The van der Waals surface area contributed by atoms with Crippen molar-refractivity contribution in [1.82, 2.24) is 0 Å². The standard InChI is InChI=1S/2C8H10O.2C4H9.Sn/c2*1-2-7-5-3-4-6-8(7)9;2*1-3-4-2;/h2*3-6,9H,2H2,1H3;2*1,3-4H2,2H3;/q;;;;+2/p-2. The average Bonchev–Trinajstić information content (AvgIpc) is 2.71. The zero-order chi connectivity index (χ0) is 19.5. The molecule has 0 aliphatic rings. The summed E-state index contributed by atoms with van der Waals surface area (Å²) in [5.74, 6) is 2.11. The Morgan fingerprint density at radius 3 is 1.41 bits per heavy atom. The Morgan fingerprint density at radius 2 is 1.04 bits per heavy atom. The summed E-state index contributed by atoms with van der Waals surface area (Å²) in [7, 11) is 0. The van der Waals surface area contributed by atoms with E-state index in [1.165, 1.54) is 36.8 Å². The third kappa shape index (κ3) is 6.44. The van der Waals surface area contributed by atoms with E-state index in [0.29, 0.717) is 0 Å². The maximum absolute atomic E-state index is 6.92. The van der Waals surface area contributed by atoms with Crippen LogP contribution < -0.4 is 6.15 Å². The van der Waals surface area contributed by atoms with E-state index in [1.54, 1.807) is 0 Å². The van der Waals surface area contributed by atoms with E-state index in [4.69, 9.17) is 6.15 Å². The molecule has 0 fully saturated rings. The molecule has 0 aliphatic carbocycles. The van der Waals surface area contributed by atoms with Crippen molar-refractivity contribution in [3.05, 3.63) is 59.7 Å². The van der Waals surface area contributed by atoms with Gasteiger partial charge >= 0.3 is 172 Å². The van der Waals surface area contributed by atoms with E-state index >= 15 is 0 Å². The molecule has 0 heterocycles. The first-order valence-electron chi connectivity index (χ1n) is 10.7. The molecule has 0 aliphatic heterocycles. The summed E-state index contributed by atoms with van der Waals surface area (Å²) < 4.78 is 16.1. The van der Waals surface area contributed by atoms with Gasteiger partial charge in [0.2, 0.25) is 0 Å². The fraction of sp³-hybridized carbons (Fsp3) is 0.500. The Labute approximate surface area is 171 Å². The molecule has 0 spiro atoms. The van der Waals surface area contributed by atoms with Crippen molar-refractivity contribution in [2.75, 3.05) is 0 Å². The molecule has 0 aromatic heterocycles. The van der Waals surface area contributed by atoms with Crippen molar-refractivity contribution in [1.29, 1.82) is 0 Å². The summed E-state index contributed by atoms with van der Waals surface area (Å²) in [6.07, 6.45) is 6.71. The van der Waals surface area contributed by atoms with Crippen molar-refractivity contribution in [3.63, 3.8) is 0 Å². The molecule has 0 unspecified atom stereocenters. The van der Waals surface area contributed by atoms with E-state index in [-0.39, 0.29) is 0 Å². The van der Waals surface area contributed by atoms with Gasteiger partial charge in [-0.15, -0.1) is 0 Å². The Hall–Kier alpha value is -1.16. The Morgan fingerprint density at radius 1 is 0.630 bits per heavy atom. The van der Waals surface area contributed by atoms with Gasteiger partial charge < -0.3 is 0 Å².